The van der Waals surface area contributed by atoms with Gasteiger partial charge in [0.25, 0.3) is 0 Å². The van der Waals surface area contributed by atoms with Gasteiger partial charge in [-0.1, -0.05) is 23.5 Å². The first-order valence-electron chi connectivity index (χ1n) is 3.67. The molecular formula is C6H8N4OS3. The van der Waals surface area contributed by atoms with Gasteiger partial charge in [0.2, 0.25) is 9.54 Å². The van der Waals surface area contributed by atoms with E-state index in [0.29, 0.717) is 16.1 Å². The summed E-state index contributed by atoms with van der Waals surface area (Å²) in [6.07, 6.45) is 3.17. The first-order chi connectivity index (χ1) is 6.83. The molecule has 0 unspecified atom stereocenters. The van der Waals surface area contributed by atoms with Gasteiger partial charge in [-0.3, -0.25) is 0 Å². The molecule has 0 aliphatic rings. The van der Waals surface area contributed by atoms with E-state index in [4.69, 9.17) is 17.0 Å². The van der Waals surface area contributed by atoms with Crippen molar-refractivity contribution in [1.82, 2.24) is 20.4 Å². The van der Waals surface area contributed by atoms with Gasteiger partial charge in [0, 0.05) is 5.75 Å². The minimum absolute atomic E-state index is 0.544. The highest BCUT2D eigenvalue weighted by molar-refractivity contribution is 8.22. The van der Waals surface area contributed by atoms with Crippen LogP contribution in [0.5, 0.6) is 0 Å². The standard InChI is InChI=1S/C6H8N4OS3/c1-13-6(12)11-2-3-14-5-9-7-4-8-10-5/h4H,2-3H2,1H3. The third-order valence-corrected chi connectivity index (χ3v) is 2.95. The van der Waals surface area contributed by atoms with Crippen LogP contribution in [0.3, 0.4) is 0 Å². The van der Waals surface area contributed by atoms with E-state index in [0.717, 1.165) is 5.75 Å². The Morgan fingerprint density at radius 3 is 2.86 bits per heavy atom. The normalized spacial score (nSPS) is 9.79. The molecule has 0 radical (unpaired) electrons. The van der Waals surface area contributed by atoms with Crippen molar-refractivity contribution in [2.45, 2.75) is 5.16 Å². The quantitative estimate of drug-likeness (QED) is 0.445. The predicted molar refractivity (Wildman–Crippen MR) is 60.4 cm³/mol. The predicted octanol–water partition coefficient (Wildman–Crippen LogP) is 1.02. The Hall–Kier alpha value is -0.470. The lowest BCUT2D eigenvalue weighted by atomic mass is 10.9. The molecular weight excluding hydrogens is 240 g/mol. The van der Waals surface area contributed by atoms with Gasteiger partial charge >= 0.3 is 0 Å². The van der Waals surface area contributed by atoms with E-state index in [1.54, 1.807) is 0 Å². The second kappa shape index (κ2) is 6.91. The molecule has 1 aromatic heterocycles. The fraction of sp³-hybridized carbons (Fsp3) is 0.500. The number of thiocarbonyl (C=S) groups is 1. The fourth-order valence-electron chi connectivity index (χ4n) is 0.568. The van der Waals surface area contributed by atoms with Crippen molar-refractivity contribution in [3.05, 3.63) is 6.33 Å². The van der Waals surface area contributed by atoms with E-state index >= 15 is 0 Å². The lowest BCUT2D eigenvalue weighted by Crippen LogP contribution is -2.02. The van der Waals surface area contributed by atoms with Crippen molar-refractivity contribution >= 4 is 40.1 Å². The van der Waals surface area contributed by atoms with Gasteiger partial charge in [-0.15, -0.1) is 20.4 Å². The average molecular weight is 248 g/mol. The lowest BCUT2D eigenvalue weighted by Gasteiger charge is -2.02. The molecule has 0 bridgehead atoms. The topological polar surface area (TPSA) is 60.8 Å². The van der Waals surface area contributed by atoms with Crippen LogP contribution in [0.1, 0.15) is 0 Å². The summed E-state index contributed by atoms with van der Waals surface area (Å²) < 4.78 is 5.74. The maximum atomic E-state index is 5.19. The molecule has 0 aliphatic heterocycles. The number of nitrogens with zero attached hydrogens (tertiary/aromatic N) is 4. The number of thioether (sulfide) groups is 2. The van der Waals surface area contributed by atoms with Gasteiger partial charge in [-0.25, -0.2) is 0 Å². The van der Waals surface area contributed by atoms with E-state index in [9.17, 15) is 0 Å². The average Bonchev–Trinajstić information content (AvgIpc) is 2.25. The van der Waals surface area contributed by atoms with Gasteiger partial charge in [-0.05, 0) is 18.5 Å². The number of hydrogen-bond acceptors (Lipinski definition) is 8. The van der Waals surface area contributed by atoms with Crippen LogP contribution >= 0.6 is 35.7 Å². The molecule has 0 aliphatic carbocycles. The molecule has 1 rings (SSSR count). The van der Waals surface area contributed by atoms with Gasteiger partial charge in [0.05, 0.1) is 6.61 Å². The smallest absolute Gasteiger partial charge is 0.230 e. The molecule has 0 spiro atoms. The number of aromatic nitrogens is 4. The van der Waals surface area contributed by atoms with Crippen molar-refractivity contribution < 1.29 is 4.74 Å². The zero-order valence-corrected chi connectivity index (χ0v) is 9.86. The number of ether oxygens (including phenoxy) is 1. The first-order valence-corrected chi connectivity index (χ1v) is 6.28. The highest BCUT2D eigenvalue weighted by Gasteiger charge is 1.98. The Labute approximate surface area is 95.4 Å². The fourth-order valence-corrected chi connectivity index (χ4v) is 1.41. The summed E-state index contributed by atoms with van der Waals surface area (Å²) in [7, 11) is 0. The van der Waals surface area contributed by atoms with Crippen LogP contribution in [0.4, 0.5) is 0 Å². The molecule has 8 heteroatoms. The molecule has 0 saturated heterocycles. The molecule has 76 valence electrons. The second-order valence-electron chi connectivity index (χ2n) is 1.98. The highest BCUT2D eigenvalue weighted by atomic mass is 32.2. The van der Waals surface area contributed by atoms with Gasteiger partial charge in [-0.2, -0.15) is 0 Å². The summed E-state index contributed by atoms with van der Waals surface area (Å²) in [4.78, 5) is 0. The van der Waals surface area contributed by atoms with E-state index < -0.39 is 0 Å². The lowest BCUT2D eigenvalue weighted by molar-refractivity contribution is 0.350. The van der Waals surface area contributed by atoms with Crippen molar-refractivity contribution in [1.29, 1.82) is 0 Å². The molecule has 0 fully saturated rings. The van der Waals surface area contributed by atoms with Crippen LogP contribution in [-0.4, -0.2) is 43.4 Å². The third-order valence-electron chi connectivity index (χ3n) is 1.09. The zero-order valence-electron chi connectivity index (χ0n) is 7.41. The van der Waals surface area contributed by atoms with Crippen molar-refractivity contribution in [3.63, 3.8) is 0 Å². The molecule has 1 heterocycles. The van der Waals surface area contributed by atoms with E-state index in [2.05, 4.69) is 20.4 Å². The first kappa shape index (κ1) is 11.6. The van der Waals surface area contributed by atoms with Gasteiger partial charge < -0.3 is 4.74 Å². The Kier molecular flexibility index (Phi) is 5.72. The Bertz CT molecular complexity index is 284. The Balaban J connectivity index is 2.13. The third kappa shape index (κ3) is 4.68. The minimum Gasteiger partial charge on any atom is -0.478 e. The highest BCUT2D eigenvalue weighted by Crippen LogP contribution is 2.09. The molecule has 14 heavy (non-hydrogen) atoms. The van der Waals surface area contributed by atoms with Crippen molar-refractivity contribution in [2.24, 2.45) is 0 Å². The molecule has 0 N–H and O–H groups in total. The Morgan fingerprint density at radius 1 is 1.50 bits per heavy atom. The molecule has 1 aromatic rings. The summed E-state index contributed by atoms with van der Waals surface area (Å²) in [5, 5.41) is 15.3. The molecule has 0 aromatic carbocycles. The van der Waals surface area contributed by atoms with Crippen LogP contribution in [0, 0.1) is 0 Å². The minimum atomic E-state index is 0.544. The zero-order chi connectivity index (χ0) is 10.2. The number of hydrogen-bond donors (Lipinski definition) is 0. The second-order valence-corrected chi connectivity index (χ2v) is 4.45. The van der Waals surface area contributed by atoms with E-state index in [1.807, 2.05) is 6.26 Å². The monoisotopic (exact) mass is 248 g/mol. The maximum Gasteiger partial charge on any atom is 0.230 e. The largest absolute Gasteiger partial charge is 0.478 e. The summed E-state index contributed by atoms with van der Waals surface area (Å²) in [6.45, 7) is 0.544. The Morgan fingerprint density at radius 2 is 2.21 bits per heavy atom. The van der Waals surface area contributed by atoms with Gasteiger partial charge in [0.1, 0.15) is 0 Å². The van der Waals surface area contributed by atoms with Gasteiger partial charge in [0.15, 0.2) is 6.33 Å². The molecule has 5 nitrogen and oxygen atoms in total. The molecule has 0 atom stereocenters. The summed E-state index contributed by atoms with van der Waals surface area (Å²) in [5.41, 5.74) is 0. The van der Waals surface area contributed by atoms with E-state index in [1.165, 1.54) is 29.9 Å². The van der Waals surface area contributed by atoms with Crippen LogP contribution in [0.2, 0.25) is 0 Å². The number of rotatable bonds is 4. The van der Waals surface area contributed by atoms with Crippen LogP contribution in [0.25, 0.3) is 0 Å². The summed E-state index contributed by atoms with van der Waals surface area (Å²) >= 11 is 7.71. The summed E-state index contributed by atoms with van der Waals surface area (Å²) in [6, 6.07) is 0. The van der Waals surface area contributed by atoms with Crippen LogP contribution in [0.15, 0.2) is 11.5 Å². The maximum absolute atomic E-state index is 5.19. The molecule has 0 saturated carbocycles. The SMILES string of the molecule is CSC(=S)OCCSc1nncnn1. The summed E-state index contributed by atoms with van der Waals surface area (Å²) in [5.74, 6) is 0.730. The van der Waals surface area contributed by atoms with Crippen molar-refractivity contribution in [2.75, 3.05) is 18.6 Å². The van der Waals surface area contributed by atoms with Crippen LogP contribution in [-0.2, 0) is 4.74 Å². The van der Waals surface area contributed by atoms with Crippen LogP contribution < -0.4 is 0 Å². The molecule has 0 amide bonds. The van der Waals surface area contributed by atoms with E-state index in [-0.39, 0.29) is 0 Å². The van der Waals surface area contributed by atoms with Crippen molar-refractivity contribution in [3.8, 4) is 0 Å².